The molecule has 1 N–H and O–H groups in total. The number of anilines is 1. The minimum Gasteiger partial charge on any atom is -0.378 e. The number of rotatable bonds is 5. The Kier molecular flexibility index (Phi) is 6.59. The van der Waals surface area contributed by atoms with Gasteiger partial charge in [0.1, 0.15) is 0 Å². The van der Waals surface area contributed by atoms with Crippen LogP contribution >= 0.6 is 22.6 Å². The van der Waals surface area contributed by atoms with Crippen LogP contribution in [0, 0.1) is 3.57 Å². The molecule has 1 aliphatic rings. The largest absolute Gasteiger partial charge is 0.378 e. The molecule has 0 saturated carbocycles. The number of amides is 2. The molecule has 0 aromatic heterocycles. The lowest BCUT2D eigenvalue weighted by Gasteiger charge is -2.28. The molecule has 7 heteroatoms. The molecule has 2 rings (SSSR count). The summed E-state index contributed by atoms with van der Waals surface area (Å²) < 4.78 is 6.34. The van der Waals surface area contributed by atoms with Crippen molar-refractivity contribution in [2.45, 2.75) is 0 Å². The maximum Gasteiger partial charge on any atom is 0.238 e. The first-order chi connectivity index (χ1) is 10.5. The van der Waals surface area contributed by atoms with E-state index in [1.807, 2.05) is 24.3 Å². The monoisotopic (exact) mass is 417 g/mol. The number of nitrogens with zero attached hydrogens (tertiary/aromatic N) is 2. The van der Waals surface area contributed by atoms with E-state index in [0.717, 1.165) is 9.26 Å². The highest BCUT2D eigenvalue weighted by molar-refractivity contribution is 14.1. The zero-order chi connectivity index (χ0) is 15.9. The third-order valence-corrected chi connectivity index (χ3v) is 4.03. The highest BCUT2D eigenvalue weighted by Crippen LogP contribution is 2.11. The molecule has 120 valence electrons. The van der Waals surface area contributed by atoms with Gasteiger partial charge in [-0.1, -0.05) is 0 Å². The molecule has 1 saturated heterocycles. The molecule has 0 unspecified atom stereocenters. The molecule has 0 aliphatic carbocycles. The third-order valence-electron chi connectivity index (χ3n) is 3.31. The molecule has 0 atom stereocenters. The van der Waals surface area contributed by atoms with E-state index in [2.05, 4.69) is 27.9 Å². The number of carbonyl (C=O) groups is 2. The Morgan fingerprint density at radius 1 is 1.23 bits per heavy atom. The number of carbonyl (C=O) groups excluding carboxylic acids is 2. The van der Waals surface area contributed by atoms with Crippen molar-refractivity contribution in [2.75, 3.05) is 51.8 Å². The predicted octanol–water partition coefficient (Wildman–Crippen LogP) is 1.02. The van der Waals surface area contributed by atoms with Crippen LogP contribution in [0.4, 0.5) is 5.69 Å². The molecule has 1 heterocycles. The van der Waals surface area contributed by atoms with Crippen LogP contribution < -0.4 is 5.32 Å². The molecular weight excluding hydrogens is 397 g/mol. The van der Waals surface area contributed by atoms with E-state index in [0.29, 0.717) is 26.3 Å². The number of likely N-dealkylation sites (N-methyl/N-ethyl adjacent to an activating group) is 1. The zero-order valence-corrected chi connectivity index (χ0v) is 14.7. The molecular formula is C15H20IN3O3. The number of nitrogens with one attached hydrogen (secondary N) is 1. The molecule has 1 aliphatic heterocycles. The fourth-order valence-electron chi connectivity index (χ4n) is 2.18. The van der Waals surface area contributed by atoms with E-state index in [4.69, 9.17) is 4.74 Å². The molecule has 6 nitrogen and oxygen atoms in total. The fourth-order valence-corrected chi connectivity index (χ4v) is 2.54. The van der Waals surface area contributed by atoms with E-state index in [1.165, 1.54) is 0 Å². The first-order valence-electron chi connectivity index (χ1n) is 7.14. The standard InChI is InChI=1S/C15H20IN3O3/c1-18(11-15(21)19-6-8-22-9-7-19)10-14(20)17-13-4-2-12(16)3-5-13/h2-5H,6-11H2,1H3,(H,17,20). The normalized spacial score (nSPS) is 15.0. The maximum absolute atomic E-state index is 12.1. The lowest BCUT2D eigenvalue weighted by Crippen LogP contribution is -2.46. The van der Waals surface area contributed by atoms with Crippen molar-refractivity contribution in [3.8, 4) is 0 Å². The lowest BCUT2D eigenvalue weighted by atomic mass is 10.3. The topological polar surface area (TPSA) is 61.9 Å². The lowest BCUT2D eigenvalue weighted by molar-refractivity contribution is -0.136. The van der Waals surface area contributed by atoms with Crippen molar-refractivity contribution in [1.29, 1.82) is 0 Å². The Hall–Kier alpha value is -1.19. The Morgan fingerprint density at radius 2 is 1.86 bits per heavy atom. The molecule has 1 fully saturated rings. The highest BCUT2D eigenvalue weighted by atomic mass is 127. The number of benzene rings is 1. The smallest absolute Gasteiger partial charge is 0.238 e. The van der Waals surface area contributed by atoms with Gasteiger partial charge in [-0.05, 0) is 53.9 Å². The van der Waals surface area contributed by atoms with Crippen molar-refractivity contribution in [2.24, 2.45) is 0 Å². The summed E-state index contributed by atoms with van der Waals surface area (Å²) in [5.41, 5.74) is 0.762. The molecule has 0 spiro atoms. The van der Waals surface area contributed by atoms with Gasteiger partial charge in [0.05, 0.1) is 26.3 Å². The molecule has 22 heavy (non-hydrogen) atoms. The maximum atomic E-state index is 12.1. The highest BCUT2D eigenvalue weighted by Gasteiger charge is 2.19. The SMILES string of the molecule is CN(CC(=O)Nc1ccc(I)cc1)CC(=O)N1CCOCC1. The summed E-state index contributed by atoms with van der Waals surface area (Å²) in [6.45, 7) is 2.84. The number of ether oxygens (including phenoxy) is 1. The minimum atomic E-state index is -0.126. The van der Waals surface area contributed by atoms with Crippen LogP contribution in [0.15, 0.2) is 24.3 Å². The van der Waals surface area contributed by atoms with Gasteiger partial charge in [-0.3, -0.25) is 14.5 Å². The Bertz CT molecular complexity index is 515. The van der Waals surface area contributed by atoms with Gasteiger partial charge in [0, 0.05) is 22.3 Å². The average molecular weight is 417 g/mol. The summed E-state index contributed by atoms with van der Waals surface area (Å²) in [5.74, 6) is -0.0913. The van der Waals surface area contributed by atoms with E-state index in [-0.39, 0.29) is 24.9 Å². The summed E-state index contributed by atoms with van der Waals surface area (Å²) in [6, 6.07) is 7.58. The van der Waals surface area contributed by atoms with Crippen molar-refractivity contribution < 1.29 is 14.3 Å². The fraction of sp³-hybridized carbons (Fsp3) is 0.467. The number of hydrogen-bond acceptors (Lipinski definition) is 4. The minimum absolute atomic E-state index is 0.0351. The molecule has 1 aromatic rings. The number of morpholine rings is 1. The first-order valence-corrected chi connectivity index (χ1v) is 8.22. The van der Waals surface area contributed by atoms with Crippen molar-refractivity contribution in [1.82, 2.24) is 9.80 Å². The molecule has 0 radical (unpaired) electrons. The van der Waals surface area contributed by atoms with Crippen LogP contribution in [0.3, 0.4) is 0 Å². The van der Waals surface area contributed by atoms with Crippen LogP contribution in [0.2, 0.25) is 0 Å². The Morgan fingerprint density at radius 3 is 2.50 bits per heavy atom. The van der Waals surface area contributed by atoms with Crippen molar-refractivity contribution in [3.63, 3.8) is 0 Å². The van der Waals surface area contributed by atoms with Crippen LogP contribution in [-0.2, 0) is 14.3 Å². The van der Waals surface area contributed by atoms with Gasteiger partial charge in [-0.2, -0.15) is 0 Å². The Balaban J connectivity index is 1.75. The number of halogens is 1. The molecule has 1 aromatic carbocycles. The zero-order valence-electron chi connectivity index (χ0n) is 12.5. The van der Waals surface area contributed by atoms with Crippen LogP contribution in [0.5, 0.6) is 0 Å². The average Bonchev–Trinajstić information content (AvgIpc) is 2.50. The molecule has 0 bridgehead atoms. The predicted molar refractivity (Wildman–Crippen MR) is 92.7 cm³/mol. The number of hydrogen-bond donors (Lipinski definition) is 1. The summed E-state index contributed by atoms with van der Waals surface area (Å²) in [5, 5.41) is 2.82. The second kappa shape index (κ2) is 8.44. The van der Waals surface area contributed by atoms with Crippen LogP contribution in [-0.4, -0.2) is 68.1 Å². The quantitative estimate of drug-likeness (QED) is 0.727. The summed E-state index contributed by atoms with van der Waals surface area (Å²) >= 11 is 2.21. The summed E-state index contributed by atoms with van der Waals surface area (Å²) in [7, 11) is 1.77. The van der Waals surface area contributed by atoms with Gasteiger partial charge in [0.2, 0.25) is 11.8 Å². The van der Waals surface area contributed by atoms with E-state index >= 15 is 0 Å². The van der Waals surface area contributed by atoms with Gasteiger partial charge in [0.25, 0.3) is 0 Å². The van der Waals surface area contributed by atoms with Gasteiger partial charge >= 0.3 is 0 Å². The van der Waals surface area contributed by atoms with Crippen molar-refractivity contribution in [3.05, 3.63) is 27.8 Å². The van der Waals surface area contributed by atoms with Crippen molar-refractivity contribution >= 4 is 40.1 Å². The van der Waals surface area contributed by atoms with Gasteiger partial charge in [-0.15, -0.1) is 0 Å². The van der Waals surface area contributed by atoms with Gasteiger partial charge in [0.15, 0.2) is 0 Å². The van der Waals surface area contributed by atoms with Crippen LogP contribution in [0.25, 0.3) is 0 Å². The van der Waals surface area contributed by atoms with Crippen LogP contribution in [0.1, 0.15) is 0 Å². The summed E-state index contributed by atoms with van der Waals surface area (Å²) in [6.07, 6.45) is 0. The van der Waals surface area contributed by atoms with Gasteiger partial charge < -0.3 is 15.0 Å². The second-order valence-corrected chi connectivity index (χ2v) is 6.47. The van der Waals surface area contributed by atoms with E-state index in [9.17, 15) is 9.59 Å². The first kappa shape index (κ1) is 17.2. The summed E-state index contributed by atoms with van der Waals surface area (Å²) in [4.78, 5) is 27.5. The third kappa shape index (κ3) is 5.54. The molecule has 2 amide bonds. The second-order valence-electron chi connectivity index (χ2n) is 5.22. The van der Waals surface area contributed by atoms with Gasteiger partial charge in [-0.25, -0.2) is 0 Å². The van der Waals surface area contributed by atoms with E-state index < -0.39 is 0 Å². The Labute approximate surface area is 143 Å². The van der Waals surface area contributed by atoms with E-state index in [1.54, 1.807) is 16.8 Å².